The van der Waals surface area contributed by atoms with E-state index in [1.54, 1.807) is 13.1 Å². The molecule has 1 heterocycles. The molecule has 86 valence electrons. The van der Waals surface area contributed by atoms with Gasteiger partial charge in [0.05, 0.1) is 13.2 Å². The second-order valence-corrected chi connectivity index (χ2v) is 3.67. The molecule has 2 aliphatic rings. The first kappa shape index (κ1) is 10.8. The van der Waals surface area contributed by atoms with Crippen LogP contribution in [0.25, 0.3) is 0 Å². The van der Waals surface area contributed by atoms with Gasteiger partial charge < -0.3 is 9.57 Å². The number of hydrogen-bond donors (Lipinski definition) is 0. The van der Waals surface area contributed by atoms with Crippen LogP contribution in [-0.2, 0) is 9.57 Å². The number of carbonyl (C=O) groups excluding carboxylic acids is 1. The molecule has 1 aliphatic carbocycles. The molecule has 0 aromatic heterocycles. The number of hydrogen-bond acceptors (Lipinski definition) is 4. The van der Waals surface area contributed by atoms with Gasteiger partial charge in [-0.2, -0.15) is 0 Å². The van der Waals surface area contributed by atoms with Crippen molar-refractivity contribution in [2.24, 2.45) is 0 Å². The van der Waals surface area contributed by atoms with Gasteiger partial charge in [0.1, 0.15) is 0 Å². The maximum atomic E-state index is 11.1. The molecule has 0 amide bonds. The highest BCUT2D eigenvalue weighted by molar-refractivity contribution is 5.59. The summed E-state index contributed by atoms with van der Waals surface area (Å²) in [6.07, 6.45) is 9.41. The molecule has 0 saturated heterocycles. The normalized spacial score (nSPS) is 18.4. The Labute approximate surface area is 94.8 Å². The standard InChI is InChI=1S/C12H15NO3/c1-2-15-12(14)16-13-8-7-10-5-3-4-6-11(10)9-13/h3,5,7-8H,2,4,6,9H2,1H3. The van der Waals surface area contributed by atoms with E-state index in [9.17, 15) is 4.79 Å². The fourth-order valence-electron chi connectivity index (χ4n) is 1.78. The average molecular weight is 221 g/mol. The summed E-state index contributed by atoms with van der Waals surface area (Å²) in [5.74, 6) is 0. The predicted molar refractivity (Wildman–Crippen MR) is 59.4 cm³/mol. The zero-order valence-electron chi connectivity index (χ0n) is 9.31. The van der Waals surface area contributed by atoms with Crippen molar-refractivity contribution in [2.75, 3.05) is 13.2 Å². The Hall–Kier alpha value is -1.71. The van der Waals surface area contributed by atoms with Gasteiger partial charge in [-0.15, -0.1) is 0 Å². The van der Waals surface area contributed by atoms with Crippen LogP contribution in [0.5, 0.6) is 0 Å². The first-order valence-electron chi connectivity index (χ1n) is 5.47. The molecule has 0 radical (unpaired) electrons. The van der Waals surface area contributed by atoms with Crippen molar-refractivity contribution >= 4 is 6.16 Å². The maximum Gasteiger partial charge on any atom is 0.533 e. The number of rotatable bonds is 2. The zero-order valence-corrected chi connectivity index (χ0v) is 9.31. The van der Waals surface area contributed by atoms with Gasteiger partial charge in [0, 0.05) is 6.20 Å². The Kier molecular flexibility index (Phi) is 3.29. The van der Waals surface area contributed by atoms with Crippen LogP contribution in [0.3, 0.4) is 0 Å². The van der Waals surface area contributed by atoms with E-state index >= 15 is 0 Å². The van der Waals surface area contributed by atoms with Crippen molar-refractivity contribution in [1.29, 1.82) is 0 Å². The molecular weight excluding hydrogens is 206 g/mol. The quantitative estimate of drug-likeness (QED) is 0.672. The van der Waals surface area contributed by atoms with Gasteiger partial charge >= 0.3 is 6.16 Å². The average Bonchev–Trinajstić information content (AvgIpc) is 2.29. The molecule has 0 bridgehead atoms. The summed E-state index contributed by atoms with van der Waals surface area (Å²) in [6.45, 7) is 2.71. The summed E-state index contributed by atoms with van der Waals surface area (Å²) >= 11 is 0. The Bertz CT molecular complexity index is 368. The van der Waals surface area contributed by atoms with Crippen LogP contribution in [0.2, 0.25) is 0 Å². The Morgan fingerprint density at radius 2 is 2.38 bits per heavy atom. The van der Waals surface area contributed by atoms with E-state index in [4.69, 9.17) is 9.57 Å². The Balaban J connectivity index is 1.93. The monoisotopic (exact) mass is 221 g/mol. The van der Waals surface area contributed by atoms with Crippen LogP contribution < -0.4 is 0 Å². The van der Waals surface area contributed by atoms with Crippen LogP contribution in [0.15, 0.2) is 35.6 Å². The van der Waals surface area contributed by atoms with Gasteiger partial charge in [-0.3, -0.25) is 0 Å². The predicted octanol–water partition coefficient (Wildman–Crippen LogP) is 2.55. The minimum absolute atomic E-state index is 0.326. The number of hydroxylamine groups is 2. The van der Waals surface area contributed by atoms with Crippen molar-refractivity contribution in [1.82, 2.24) is 5.06 Å². The molecule has 1 aliphatic heterocycles. The molecule has 2 rings (SSSR count). The molecule has 16 heavy (non-hydrogen) atoms. The van der Waals surface area contributed by atoms with E-state index in [-0.39, 0.29) is 0 Å². The zero-order chi connectivity index (χ0) is 11.4. The van der Waals surface area contributed by atoms with Crippen LogP contribution in [0.4, 0.5) is 4.79 Å². The third kappa shape index (κ3) is 2.45. The highest BCUT2D eigenvalue weighted by Gasteiger charge is 2.17. The van der Waals surface area contributed by atoms with E-state index in [1.165, 1.54) is 16.2 Å². The van der Waals surface area contributed by atoms with E-state index in [2.05, 4.69) is 12.2 Å². The summed E-state index contributed by atoms with van der Waals surface area (Å²) in [6, 6.07) is 0. The maximum absolute atomic E-state index is 11.1. The lowest BCUT2D eigenvalue weighted by atomic mass is 9.96. The Morgan fingerprint density at radius 1 is 1.50 bits per heavy atom. The molecule has 0 unspecified atom stereocenters. The van der Waals surface area contributed by atoms with Gasteiger partial charge in [0.2, 0.25) is 0 Å². The van der Waals surface area contributed by atoms with E-state index in [1.807, 2.05) is 6.08 Å². The number of carbonyl (C=O) groups is 1. The summed E-state index contributed by atoms with van der Waals surface area (Å²) < 4.78 is 4.71. The molecule has 4 nitrogen and oxygen atoms in total. The van der Waals surface area contributed by atoms with E-state index < -0.39 is 6.16 Å². The van der Waals surface area contributed by atoms with Crippen LogP contribution in [0, 0.1) is 0 Å². The van der Waals surface area contributed by atoms with Crippen molar-refractivity contribution in [2.45, 2.75) is 19.8 Å². The van der Waals surface area contributed by atoms with Gasteiger partial charge in [-0.1, -0.05) is 12.2 Å². The molecule has 0 aromatic carbocycles. The fraction of sp³-hybridized carbons (Fsp3) is 0.417. The van der Waals surface area contributed by atoms with E-state index in [0.717, 1.165) is 12.8 Å². The third-order valence-electron chi connectivity index (χ3n) is 2.54. The highest BCUT2D eigenvalue weighted by atomic mass is 16.8. The van der Waals surface area contributed by atoms with Crippen molar-refractivity contribution < 1.29 is 14.4 Å². The van der Waals surface area contributed by atoms with Gasteiger partial charge in [-0.25, -0.2) is 9.86 Å². The third-order valence-corrected chi connectivity index (χ3v) is 2.54. The van der Waals surface area contributed by atoms with Gasteiger partial charge in [0.15, 0.2) is 0 Å². The molecule has 0 aromatic rings. The summed E-state index contributed by atoms with van der Waals surface area (Å²) in [7, 11) is 0. The minimum Gasteiger partial charge on any atom is -0.433 e. The molecule has 0 spiro atoms. The molecule has 4 heteroatoms. The number of ether oxygens (including phenoxy) is 1. The van der Waals surface area contributed by atoms with Gasteiger partial charge in [0.25, 0.3) is 0 Å². The van der Waals surface area contributed by atoms with Crippen molar-refractivity contribution in [3.63, 3.8) is 0 Å². The highest BCUT2D eigenvalue weighted by Crippen LogP contribution is 2.24. The van der Waals surface area contributed by atoms with Crippen LogP contribution in [-0.4, -0.2) is 24.4 Å². The first-order chi connectivity index (χ1) is 7.79. The van der Waals surface area contributed by atoms with Crippen LogP contribution >= 0.6 is 0 Å². The lowest BCUT2D eigenvalue weighted by Gasteiger charge is -2.26. The van der Waals surface area contributed by atoms with Gasteiger partial charge in [-0.05, 0) is 37.0 Å². The van der Waals surface area contributed by atoms with Crippen molar-refractivity contribution in [3.05, 3.63) is 35.6 Å². The SMILES string of the molecule is CCOC(=O)ON1C=CC2=C(CCC=C2)C1. The number of nitrogens with zero attached hydrogens (tertiary/aromatic N) is 1. The van der Waals surface area contributed by atoms with E-state index in [0.29, 0.717) is 13.2 Å². The van der Waals surface area contributed by atoms with Crippen molar-refractivity contribution in [3.8, 4) is 0 Å². The lowest BCUT2D eigenvalue weighted by Crippen LogP contribution is -2.27. The topological polar surface area (TPSA) is 38.8 Å². The first-order valence-corrected chi connectivity index (χ1v) is 5.47. The second kappa shape index (κ2) is 4.88. The minimum atomic E-state index is -0.650. The summed E-state index contributed by atoms with van der Waals surface area (Å²) in [5, 5.41) is 1.51. The molecule has 0 N–H and O–H groups in total. The summed E-state index contributed by atoms with van der Waals surface area (Å²) in [4.78, 5) is 16.1. The lowest BCUT2D eigenvalue weighted by molar-refractivity contribution is -0.0876. The number of allylic oxidation sites excluding steroid dienone is 4. The molecule has 0 fully saturated rings. The fourth-order valence-corrected chi connectivity index (χ4v) is 1.78. The molecule has 0 saturated carbocycles. The Morgan fingerprint density at radius 3 is 3.19 bits per heavy atom. The smallest absolute Gasteiger partial charge is 0.433 e. The molecular formula is C12H15NO3. The largest absolute Gasteiger partial charge is 0.533 e. The second-order valence-electron chi connectivity index (χ2n) is 3.67. The van der Waals surface area contributed by atoms with Crippen LogP contribution in [0.1, 0.15) is 19.8 Å². The summed E-state index contributed by atoms with van der Waals surface area (Å²) in [5.41, 5.74) is 2.53. The molecule has 0 atom stereocenters.